The fourth-order valence-electron chi connectivity index (χ4n) is 2.35. The maximum atomic E-state index is 13.3. The fourth-order valence-corrected chi connectivity index (χ4v) is 2.35. The van der Waals surface area contributed by atoms with Crippen molar-refractivity contribution in [2.75, 3.05) is 6.54 Å². The van der Waals surface area contributed by atoms with E-state index in [4.69, 9.17) is 0 Å². The van der Waals surface area contributed by atoms with Crippen molar-refractivity contribution in [2.45, 2.75) is 40.2 Å². The number of nitrogens with zero attached hydrogens (tertiary/aromatic N) is 1. The lowest BCUT2D eigenvalue weighted by atomic mass is 9.93. The lowest BCUT2D eigenvalue weighted by Crippen LogP contribution is -2.31. The summed E-state index contributed by atoms with van der Waals surface area (Å²) < 4.78 is 13.3. The number of rotatable bonds is 1. The van der Waals surface area contributed by atoms with Crippen LogP contribution >= 0.6 is 0 Å². The number of hydrogen-bond donors (Lipinski definition) is 1. The van der Waals surface area contributed by atoms with Crippen molar-refractivity contribution in [3.05, 3.63) is 65.2 Å². The third-order valence-corrected chi connectivity index (χ3v) is 3.13. The van der Waals surface area contributed by atoms with Gasteiger partial charge in [0.25, 0.3) is 0 Å². The van der Waals surface area contributed by atoms with Crippen molar-refractivity contribution in [2.24, 2.45) is 0 Å². The number of halogens is 1. The molecule has 1 aromatic heterocycles. The first kappa shape index (κ1) is 17.3. The van der Waals surface area contributed by atoms with E-state index in [2.05, 4.69) is 16.4 Å². The summed E-state index contributed by atoms with van der Waals surface area (Å²) in [6, 6.07) is 10.8. The Bertz CT molecular complexity index is 540. The number of pyridine rings is 1. The molecule has 3 rings (SSSR count). The molecule has 0 fully saturated rings. The minimum atomic E-state index is -0.194. The van der Waals surface area contributed by atoms with E-state index in [0.29, 0.717) is 0 Å². The summed E-state index contributed by atoms with van der Waals surface area (Å²) in [6.07, 6.45) is 2.74. The smallest absolute Gasteiger partial charge is 0.123 e. The minimum absolute atomic E-state index is 0.0585. The Morgan fingerprint density at radius 1 is 1.10 bits per heavy atom. The van der Waals surface area contributed by atoms with Gasteiger partial charge in [0.15, 0.2) is 0 Å². The first-order valence-electron chi connectivity index (χ1n) is 7.77. The Balaban J connectivity index is 0.000000510. The molecule has 1 unspecified atom stereocenters. The van der Waals surface area contributed by atoms with Crippen LogP contribution in [0.5, 0.6) is 0 Å². The van der Waals surface area contributed by atoms with Crippen LogP contribution in [0.1, 0.15) is 50.6 Å². The molecule has 1 aliphatic rings. The van der Waals surface area contributed by atoms with Crippen molar-refractivity contribution in [1.29, 1.82) is 0 Å². The third-order valence-electron chi connectivity index (χ3n) is 3.13. The Kier molecular flexibility index (Phi) is 7.62. The minimum Gasteiger partial charge on any atom is -0.306 e. The van der Waals surface area contributed by atoms with E-state index < -0.39 is 0 Å². The molecule has 0 bridgehead atoms. The summed E-state index contributed by atoms with van der Waals surface area (Å²) >= 11 is 0. The standard InChI is InChI=1S/C14H13FN2.2C2H6/c15-11-4-1-3-10(9-11)14-12-5-2-7-16-13(12)6-8-17-14;2*1-2/h1-5,7,9,14,17H,6,8H2;2*1-2H3. The topological polar surface area (TPSA) is 24.9 Å². The number of nitrogens with one attached hydrogen (secondary N) is 1. The average Bonchev–Trinajstić information content (AvgIpc) is 2.58. The SMILES string of the molecule is CC.CC.Fc1cccc(C2NCCc3ncccc32)c1. The molecule has 0 aliphatic carbocycles. The van der Waals surface area contributed by atoms with Gasteiger partial charge in [-0.3, -0.25) is 4.98 Å². The molecule has 1 N–H and O–H groups in total. The molecule has 1 aromatic carbocycles. The summed E-state index contributed by atoms with van der Waals surface area (Å²) in [5, 5.41) is 3.41. The van der Waals surface area contributed by atoms with Crippen LogP contribution in [0.25, 0.3) is 0 Å². The van der Waals surface area contributed by atoms with Crippen LogP contribution in [0.4, 0.5) is 4.39 Å². The van der Waals surface area contributed by atoms with Crippen LogP contribution in [0.2, 0.25) is 0 Å². The van der Waals surface area contributed by atoms with Gasteiger partial charge in [0.05, 0.1) is 6.04 Å². The second kappa shape index (κ2) is 9.24. The summed E-state index contributed by atoms with van der Waals surface area (Å²) in [5.74, 6) is -0.194. The molecule has 1 aliphatic heterocycles. The van der Waals surface area contributed by atoms with Gasteiger partial charge >= 0.3 is 0 Å². The van der Waals surface area contributed by atoms with Crippen molar-refractivity contribution in [3.8, 4) is 0 Å². The Morgan fingerprint density at radius 3 is 2.57 bits per heavy atom. The Morgan fingerprint density at radius 2 is 1.86 bits per heavy atom. The highest BCUT2D eigenvalue weighted by Crippen LogP contribution is 2.27. The highest BCUT2D eigenvalue weighted by atomic mass is 19.1. The van der Waals surface area contributed by atoms with Gasteiger partial charge < -0.3 is 5.32 Å². The summed E-state index contributed by atoms with van der Waals surface area (Å²) in [7, 11) is 0. The zero-order valence-electron chi connectivity index (χ0n) is 13.4. The van der Waals surface area contributed by atoms with E-state index in [0.717, 1.165) is 29.8 Å². The van der Waals surface area contributed by atoms with E-state index >= 15 is 0 Å². The predicted octanol–water partition coefficient (Wildman–Crippen LogP) is 4.51. The largest absolute Gasteiger partial charge is 0.306 e. The van der Waals surface area contributed by atoms with E-state index in [1.165, 1.54) is 6.07 Å². The van der Waals surface area contributed by atoms with Crippen LogP contribution < -0.4 is 5.32 Å². The highest BCUT2D eigenvalue weighted by molar-refractivity contribution is 5.36. The summed E-state index contributed by atoms with van der Waals surface area (Å²) in [4.78, 5) is 4.38. The first-order chi connectivity index (χ1) is 10.3. The molecule has 0 saturated carbocycles. The lowest BCUT2D eigenvalue weighted by molar-refractivity contribution is 0.552. The normalized spacial score (nSPS) is 15.8. The van der Waals surface area contributed by atoms with Gasteiger partial charge in [0, 0.05) is 24.9 Å². The Labute approximate surface area is 127 Å². The Hall–Kier alpha value is -1.74. The van der Waals surface area contributed by atoms with Gasteiger partial charge in [0.1, 0.15) is 5.82 Å². The zero-order valence-corrected chi connectivity index (χ0v) is 13.4. The number of hydrogen-bond acceptors (Lipinski definition) is 2. The van der Waals surface area contributed by atoms with Crippen LogP contribution in [-0.4, -0.2) is 11.5 Å². The monoisotopic (exact) mass is 288 g/mol. The molecule has 0 spiro atoms. The van der Waals surface area contributed by atoms with Gasteiger partial charge in [-0.25, -0.2) is 4.39 Å². The molecular formula is C18H25FN2. The van der Waals surface area contributed by atoms with Gasteiger partial charge in [0.2, 0.25) is 0 Å². The summed E-state index contributed by atoms with van der Waals surface area (Å²) in [5.41, 5.74) is 3.23. The highest BCUT2D eigenvalue weighted by Gasteiger charge is 2.21. The van der Waals surface area contributed by atoms with Gasteiger partial charge in [-0.2, -0.15) is 0 Å². The second-order valence-corrected chi connectivity index (χ2v) is 4.23. The van der Waals surface area contributed by atoms with Crippen molar-refractivity contribution < 1.29 is 4.39 Å². The van der Waals surface area contributed by atoms with Gasteiger partial charge in [-0.15, -0.1) is 0 Å². The quantitative estimate of drug-likeness (QED) is 0.835. The first-order valence-corrected chi connectivity index (χ1v) is 7.77. The van der Waals surface area contributed by atoms with E-state index in [1.54, 1.807) is 12.1 Å². The maximum Gasteiger partial charge on any atom is 0.123 e. The molecule has 1 atom stereocenters. The molecule has 0 amide bonds. The predicted molar refractivity (Wildman–Crippen MR) is 86.9 cm³/mol. The van der Waals surface area contributed by atoms with E-state index in [1.807, 2.05) is 46.0 Å². The second-order valence-electron chi connectivity index (χ2n) is 4.23. The molecule has 0 saturated heterocycles. The third kappa shape index (κ3) is 4.36. The number of fused-ring (bicyclic) bond motifs is 1. The average molecular weight is 288 g/mol. The van der Waals surface area contributed by atoms with Crippen molar-refractivity contribution >= 4 is 0 Å². The molecular weight excluding hydrogens is 263 g/mol. The molecule has 2 nitrogen and oxygen atoms in total. The summed E-state index contributed by atoms with van der Waals surface area (Å²) in [6.45, 7) is 8.88. The molecule has 21 heavy (non-hydrogen) atoms. The fraction of sp³-hybridized carbons (Fsp3) is 0.389. The van der Waals surface area contributed by atoms with Crippen LogP contribution in [0, 0.1) is 5.82 Å². The number of benzene rings is 1. The number of aromatic nitrogens is 1. The van der Waals surface area contributed by atoms with Crippen LogP contribution in [0.3, 0.4) is 0 Å². The molecule has 0 radical (unpaired) electrons. The van der Waals surface area contributed by atoms with Crippen molar-refractivity contribution in [3.63, 3.8) is 0 Å². The van der Waals surface area contributed by atoms with Crippen molar-refractivity contribution in [1.82, 2.24) is 10.3 Å². The van der Waals surface area contributed by atoms with E-state index in [9.17, 15) is 4.39 Å². The van der Waals surface area contributed by atoms with E-state index in [-0.39, 0.29) is 11.9 Å². The van der Waals surface area contributed by atoms with Gasteiger partial charge in [-0.1, -0.05) is 45.9 Å². The lowest BCUT2D eigenvalue weighted by Gasteiger charge is -2.26. The maximum absolute atomic E-state index is 13.3. The van der Waals surface area contributed by atoms with Gasteiger partial charge in [-0.05, 0) is 29.3 Å². The molecule has 2 aromatic rings. The van der Waals surface area contributed by atoms with Crippen LogP contribution in [-0.2, 0) is 6.42 Å². The zero-order chi connectivity index (χ0) is 15.7. The van der Waals surface area contributed by atoms with Crippen LogP contribution in [0.15, 0.2) is 42.6 Å². The molecule has 3 heteroatoms. The molecule has 114 valence electrons. The molecule has 2 heterocycles.